The van der Waals surface area contributed by atoms with Crippen LogP contribution in [0.1, 0.15) is 50.7 Å². The van der Waals surface area contributed by atoms with Crippen LogP contribution in [-0.2, 0) is 16.0 Å². The molecular weight excluding hydrogens is 350 g/mol. The number of phenols is 1. The number of hydrogen-bond acceptors (Lipinski definition) is 4. The summed E-state index contributed by atoms with van der Waals surface area (Å²) in [5, 5.41) is 10.2. The lowest BCUT2D eigenvalue weighted by atomic mass is 9.36. The second-order valence-corrected chi connectivity index (χ2v) is 9.86. The van der Waals surface area contributed by atoms with Crippen molar-refractivity contribution in [3.63, 3.8) is 0 Å². The molecule has 0 unspecified atom stereocenters. The molecule has 28 heavy (non-hydrogen) atoms. The van der Waals surface area contributed by atoms with Gasteiger partial charge in [0.25, 0.3) is 0 Å². The summed E-state index contributed by atoms with van der Waals surface area (Å²) >= 11 is 0. The van der Waals surface area contributed by atoms with Gasteiger partial charge < -0.3 is 9.84 Å². The fourth-order valence-electron chi connectivity index (χ4n) is 8.55. The van der Waals surface area contributed by atoms with Crippen LogP contribution in [0.25, 0.3) is 0 Å². The van der Waals surface area contributed by atoms with Crippen LogP contribution in [-0.4, -0.2) is 47.1 Å². The molecule has 4 heteroatoms. The van der Waals surface area contributed by atoms with Gasteiger partial charge in [-0.15, -0.1) is 0 Å². The summed E-state index contributed by atoms with van der Waals surface area (Å²) in [7, 11) is 0. The highest BCUT2D eigenvalue weighted by Gasteiger charge is 2.82. The molecule has 3 heterocycles. The van der Waals surface area contributed by atoms with Gasteiger partial charge in [-0.1, -0.05) is 24.6 Å². The Morgan fingerprint density at radius 3 is 2.96 bits per heavy atom. The van der Waals surface area contributed by atoms with E-state index in [1.54, 1.807) is 6.07 Å². The van der Waals surface area contributed by atoms with E-state index in [-0.39, 0.29) is 16.9 Å². The predicted molar refractivity (Wildman–Crippen MR) is 106 cm³/mol. The molecule has 4 fully saturated rings. The third-order valence-corrected chi connectivity index (χ3v) is 9.52. The summed E-state index contributed by atoms with van der Waals surface area (Å²) in [6.07, 6.45) is 5.15. The normalized spacial score (nSPS) is 47.1. The first-order valence-electron chi connectivity index (χ1n) is 10.8. The van der Waals surface area contributed by atoms with E-state index >= 15 is 0 Å². The average molecular weight is 380 g/mol. The van der Waals surface area contributed by atoms with Crippen molar-refractivity contribution in [2.24, 2.45) is 16.7 Å². The predicted octanol–water partition coefficient (Wildman–Crippen LogP) is 3.44. The lowest BCUT2D eigenvalue weighted by Gasteiger charge is -2.71. The molecule has 3 saturated heterocycles. The molecule has 5 aliphatic rings. The fourth-order valence-corrected chi connectivity index (χ4v) is 8.55. The van der Waals surface area contributed by atoms with Gasteiger partial charge in [-0.3, -0.25) is 9.69 Å². The van der Waals surface area contributed by atoms with Crippen LogP contribution in [0.3, 0.4) is 0 Å². The van der Waals surface area contributed by atoms with Gasteiger partial charge in [0.2, 0.25) is 0 Å². The average Bonchev–Trinajstić information content (AvgIpc) is 2.90. The van der Waals surface area contributed by atoms with Crippen molar-refractivity contribution in [2.75, 3.05) is 19.7 Å². The Bertz CT molecular complexity index is 938. The highest BCUT2D eigenvalue weighted by Crippen LogP contribution is 2.76. The van der Waals surface area contributed by atoms with E-state index < -0.39 is 5.41 Å². The minimum atomic E-state index is -0.435. The van der Waals surface area contributed by atoms with Crippen molar-refractivity contribution in [1.29, 1.82) is 0 Å². The van der Waals surface area contributed by atoms with Crippen molar-refractivity contribution in [3.8, 4) is 5.75 Å². The van der Waals surface area contributed by atoms with E-state index in [4.69, 9.17) is 4.74 Å². The number of piperidine rings is 2. The topological polar surface area (TPSA) is 49.8 Å². The second kappa shape index (κ2) is 5.09. The molecular formula is C24H29NO3. The smallest absolute Gasteiger partial charge is 0.139 e. The minimum Gasteiger partial charge on any atom is -0.508 e. The van der Waals surface area contributed by atoms with Gasteiger partial charge in [-0.2, -0.15) is 0 Å². The van der Waals surface area contributed by atoms with Crippen molar-refractivity contribution in [2.45, 2.75) is 57.6 Å². The third-order valence-electron chi connectivity index (χ3n) is 9.52. The Morgan fingerprint density at radius 1 is 1.39 bits per heavy atom. The van der Waals surface area contributed by atoms with Crippen LogP contribution < -0.4 is 0 Å². The van der Waals surface area contributed by atoms with Gasteiger partial charge in [-0.05, 0) is 68.8 Å². The maximum atomic E-state index is 13.5. The largest absolute Gasteiger partial charge is 0.508 e. The number of carbonyl (C=O) groups excluding carboxylic acids is 1. The van der Waals surface area contributed by atoms with Crippen LogP contribution >= 0.6 is 0 Å². The zero-order valence-corrected chi connectivity index (χ0v) is 17.0. The number of ether oxygens (including phenoxy) is 1. The summed E-state index contributed by atoms with van der Waals surface area (Å²) in [6, 6.07) is 6.21. The Labute approximate surface area is 166 Å². The molecule has 5 bridgehead atoms. The standard InChI is InChI=1S/C24H29NO3/c1-4-16-12-25-8-7-22-11-17-9-18(27)5-6-19(17)14(2)24(22)21(25)10-20(16)23(22,13-28-24)15(3)26/h4-6,9,14,20-21,27H,7-8,10-13H2,1-3H3/b16-4-/t14-,20-,21-,22-,23+,24+/m0/s1. The molecule has 2 aliphatic carbocycles. The number of ketones is 1. The zero-order valence-electron chi connectivity index (χ0n) is 17.0. The molecule has 1 aromatic carbocycles. The Morgan fingerprint density at radius 2 is 2.21 bits per heavy atom. The molecule has 0 radical (unpaired) electrons. The first-order valence-corrected chi connectivity index (χ1v) is 10.8. The van der Waals surface area contributed by atoms with Crippen molar-refractivity contribution < 1.29 is 14.6 Å². The highest BCUT2D eigenvalue weighted by molar-refractivity contribution is 5.86. The SMILES string of the molecule is C/C=C1/CN2CC[C@@]34Cc5cc(O)ccc5[C@H](C)[C@]35OC[C@@]4(C(C)=O)[C@H]1C[C@H]25. The first kappa shape index (κ1) is 17.2. The number of Topliss-reactive ketones (excluding diaryl/α,β-unsaturated/α-hetero) is 1. The van der Waals surface area contributed by atoms with Crippen LogP contribution in [0.5, 0.6) is 5.75 Å². The summed E-state index contributed by atoms with van der Waals surface area (Å²) in [5.41, 5.74) is 3.04. The van der Waals surface area contributed by atoms with Gasteiger partial charge in [0, 0.05) is 23.9 Å². The van der Waals surface area contributed by atoms with Gasteiger partial charge >= 0.3 is 0 Å². The van der Waals surface area contributed by atoms with Crippen LogP contribution in [0.15, 0.2) is 29.8 Å². The molecule has 148 valence electrons. The number of carbonyl (C=O) groups is 1. The van der Waals surface area contributed by atoms with Crippen molar-refractivity contribution in [1.82, 2.24) is 4.90 Å². The molecule has 6 rings (SSSR count). The lowest BCUT2D eigenvalue weighted by molar-refractivity contribution is -0.220. The Hall–Kier alpha value is -1.65. The van der Waals surface area contributed by atoms with Crippen LogP contribution in [0.2, 0.25) is 0 Å². The molecule has 0 spiro atoms. The lowest BCUT2D eigenvalue weighted by Crippen LogP contribution is -2.79. The van der Waals surface area contributed by atoms with Crippen LogP contribution in [0.4, 0.5) is 0 Å². The minimum absolute atomic E-state index is 0.176. The molecule has 4 nitrogen and oxygen atoms in total. The number of fused-ring (bicyclic) bond motifs is 3. The summed E-state index contributed by atoms with van der Waals surface area (Å²) < 4.78 is 6.91. The number of nitrogens with zero attached hydrogens (tertiary/aromatic N) is 1. The molecule has 1 aromatic rings. The van der Waals surface area contributed by atoms with Crippen molar-refractivity contribution in [3.05, 3.63) is 41.0 Å². The van der Waals surface area contributed by atoms with Gasteiger partial charge in [0.05, 0.1) is 17.6 Å². The van der Waals surface area contributed by atoms with Gasteiger partial charge in [0.1, 0.15) is 11.5 Å². The Kier molecular flexibility index (Phi) is 3.13. The molecule has 1 N–H and O–H groups in total. The summed E-state index contributed by atoms with van der Waals surface area (Å²) in [4.78, 5) is 16.1. The Balaban J connectivity index is 1.68. The second-order valence-electron chi connectivity index (χ2n) is 9.86. The maximum absolute atomic E-state index is 13.5. The number of benzene rings is 1. The molecule has 0 amide bonds. The van der Waals surface area contributed by atoms with Crippen molar-refractivity contribution >= 4 is 5.78 Å². The van der Waals surface area contributed by atoms with E-state index in [1.807, 2.05) is 13.0 Å². The van der Waals surface area contributed by atoms with E-state index in [0.29, 0.717) is 30.1 Å². The van der Waals surface area contributed by atoms with E-state index in [1.165, 1.54) is 16.7 Å². The maximum Gasteiger partial charge on any atom is 0.139 e. The first-order chi connectivity index (χ1) is 13.4. The highest BCUT2D eigenvalue weighted by atomic mass is 16.5. The number of allylic oxidation sites excluding steroid dienone is 1. The van der Waals surface area contributed by atoms with Crippen LogP contribution in [0, 0.1) is 16.7 Å². The third kappa shape index (κ3) is 1.52. The number of hydrogen-bond donors (Lipinski definition) is 1. The quantitative estimate of drug-likeness (QED) is 0.760. The van der Waals surface area contributed by atoms with Gasteiger partial charge in [0.15, 0.2) is 0 Å². The molecule has 6 atom stereocenters. The monoisotopic (exact) mass is 379 g/mol. The van der Waals surface area contributed by atoms with E-state index in [9.17, 15) is 9.90 Å². The number of phenolic OH excluding ortho intramolecular Hbond substituents is 1. The molecule has 1 saturated carbocycles. The zero-order chi connectivity index (χ0) is 19.5. The summed E-state index contributed by atoms with van der Waals surface area (Å²) in [5.74, 6) is 1.14. The number of aromatic hydroxyl groups is 1. The van der Waals surface area contributed by atoms with Gasteiger partial charge in [-0.25, -0.2) is 0 Å². The number of rotatable bonds is 1. The molecule has 0 aromatic heterocycles. The molecule has 3 aliphatic heterocycles. The van der Waals surface area contributed by atoms with E-state index in [2.05, 4.69) is 30.9 Å². The van der Waals surface area contributed by atoms with E-state index in [0.717, 1.165) is 32.4 Å². The fraction of sp³-hybridized carbons (Fsp3) is 0.625. The summed E-state index contributed by atoms with van der Waals surface area (Å²) in [6.45, 7) is 8.82.